The van der Waals surface area contributed by atoms with Crippen molar-refractivity contribution in [1.82, 2.24) is 10.2 Å². The quantitative estimate of drug-likeness (QED) is 0.561. The van der Waals surface area contributed by atoms with E-state index in [-0.39, 0.29) is 11.7 Å². The van der Waals surface area contributed by atoms with E-state index in [1.807, 2.05) is 13.8 Å². The van der Waals surface area contributed by atoms with E-state index < -0.39 is 5.97 Å². The van der Waals surface area contributed by atoms with Gasteiger partial charge < -0.3 is 14.5 Å². The van der Waals surface area contributed by atoms with Crippen molar-refractivity contribution in [2.24, 2.45) is 0 Å². The average molecular weight is 410 g/mol. The second kappa shape index (κ2) is 8.88. The molecule has 0 aliphatic heterocycles. The smallest absolute Gasteiger partial charge is 0.341 e. The molecule has 0 aromatic carbocycles. The van der Waals surface area contributed by atoms with Crippen molar-refractivity contribution in [3.63, 3.8) is 0 Å². The molecule has 27 heavy (non-hydrogen) atoms. The van der Waals surface area contributed by atoms with Crippen molar-refractivity contribution in [2.75, 3.05) is 18.2 Å². The van der Waals surface area contributed by atoms with Gasteiger partial charge in [-0.25, -0.2) is 4.79 Å². The van der Waals surface area contributed by atoms with Crippen LogP contribution in [0.3, 0.4) is 0 Å². The zero-order chi connectivity index (χ0) is 19.4. The van der Waals surface area contributed by atoms with Gasteiger partial charge in [-0.15, -0.1) is 21.5 Å². The lowest BCUT2D eigenvalue weighted by molar-refractivity contribution is -0.113. The van der Waals surface area contributed by atoms with Crippen LogP contribution in [-0.2, 0) is 9.53 Å². The lowest BCUT2D eigenvalue weighted by Gasteiger charge is -2.17. The summed E-state index contributed by atoms with van der Waals surface area (Å²) in [5.74, 6) is 0.463. The summed E-state index contributed by atoms with van der Waals surface area (Å²) in [5, 5.41) is 11.9. The molecule has 9 heteroatoms. The minimum absolute atomic E-state index is 0.128. The van der Waals surface area contributed by atoms with Crippen LogP contribution in [0.4, 0.5) is 5.00 Å². The van der Waals surface area contributed by atoms with Crippen LogP contribution in [0, 0.1) is 13.8 Å². The topological polar surface area (TPSA) is 94.3 Å². The Morgan fingerprint density at radius 3 is 2.70 bits per heavy atom. The van der Waals surface area contributed by atoms with Gasteiger partial charge >= 0.3 is 5.97 Å². The summed E-state index contributed by atoms with van der Waals surface area (Å²) in [6.07, 6.45) is 5.82. The third-order valence-electron chi connectivity index (χ3n) is 4.73. The Kier molecular flexibility index (Phi) is 6.54. The molecule has 2 heterocycles. The fourth-order valence-corrected chi connectivity index (χ4v) is 4.78. The molecule has 2 aromatic heterocycles. The van der Waals surface area contributed by atoms with Crippen molar-refractivity contribution in [1.29, 1.82) is 0 Å². The number of methoxy groups -OCH3 is 1. The third kappa shape index (κ3) is 4.70. The van der Waals surface area contributed by atoms with Gasteiger partial charge in [0.1, 0.15) is 5.00 Å². The van der Waals surface area contributed by atoms with Gasteiger partial charge in [-0.05, 0) is 32.3 Å². The van der Waals surface area contributed by atoms with Gasteiger partial charge in [0.25, 0.3) is 5.22 Å². The lowest BCUT2D eigenvalue weighted by Crippen LogP contribution is -2.16. The van der Waals surface area contributed by atoms with E-state index in [1.165, 1.54) is 49.5 Å². The SMILES string of the molecule is COC(=O)c1c(NC(=O)CSc2nnc(C3CCCCC3)o2)sc(C)c1C. The van der Waals surface area contributed by atoms with Crippen LogP contribution in [0.25, 0.3) is 0 Å². The number of esters is 1. The number of hydrogen-bond donors (Lipinski definition) is 1. The summed E-state index contributed by atoms with van der Waals surface area (Å²) in [6.45, 7) is 3.75. The third-order valence-corrected chi connectivity index (χ3v) is 6.67. The van der Waals surface area contributed by atoms with Gasteiger partial charge in [0, 0.05) is 10.8 Å². The van der Waals surface area contributed by atoms with E-state index in [1.54, 1.807) is 0 Å². The molecule has 0 atom stereocenters. The largest absolute Gasteiger partial charge is 0.465 e. The molecular weight excluding hydrogens is 386 g/mol. The number of thiophene rings is 1. The summed E-state index contributed by atoms with van der Waals surface area (Å²) in [4.78, 5) is 25.3. The van der Waals surface area contributed by atoms with Crippen molar-refractivity contribution >= 4 is 40.0 Å². The van der Waals surface area contributed by atoms with Crippen LogP contribution >= 0.6 is 23.1 Å². The number of ether oxygens (including phenoxy) is 1. The molecule has 0 spiro atoms. The molecule has 2 aromatic rings. The molecule has 1 saturated carbocycles. The number of anilines is 1. The van der Waals surface area contributed by atoms with E-state index in [4.69, 9.17) is 9.15 Å². The Labute approximate surface area is 166 Å². The van der Waals surface area contributed by atoms with Crippen molar-refractivity contribution in [3.05, 3.63) is 21.9 Å². The average Bonchev–Trinajstić information content (AvgIpc) is 3.25. The van der Waals surface area contributed by atoms with Gasteiger partial charge in [0.15, 0.2) is 0 Å². The van der Waals surface area contributed by atoms with Gasteiger partial charge in [-0.2, -0.15) is 0 Å². The number of thioether (sulfide) groups is 1. The molecule has 1 N–H and O–H groups in total. The molecule has 0 unspecified atom stereocenters. The molecule has 0 radical (unpaired) electrons. The zero-order valence-corrected chi connectivity index (χ0v) is 17.3. The summed E-state index contributed by atoms with van der Waals surface area (Å²) >= 11 is 2.56. The summed E-state index contributed by atoms with van der Waals surface area (Å²) in [5.41, 5.74) is 1.24. The minimum atomic E-state index is -0.450. The van der Waals surface area contributed by atoms with E-state index in [9.17, 15) is 9.59 Å². The van der Waals surface area contributed by atoms with Gasteiger partial charge in [0.05, 0.1) is 18.4 Å². The Morgan fingerprint density at radius 2 is 2.00 bits per heavy atom. The number of nitrogens with zero attached hydrogens (tertiary/aromatic N) is 2. The Morgan fingerprint density at radius 1 is 1.26 bits per heavy atom. The molecule has 1 aliphatic carbocycles. The first-order chi connectivity index (χ1) is 13.0. The first-order valence-electron chi connectivity index (χ1n) is 8.94. The fraction of sp³-hybridized carbons (Fsp3) is 0.556. The highest BCUT2D eigenvalue weighted by Crippen LogP contribution is 2.34. The summed E-state index contributed by atoms with van der Waals surface area (Å²) < 4.78 is 10.5. The molecule has 0 saturated heterocycles. The standard InChI is InChI=1S/C18H23N3O4S2/c1-10-11(2)27-16(14(10)17(23)24-3)19-13(22)9-26-18-21-20-15(25-18)12-7-5-4-6-8-12/h12H,4-9H2,1-3H3,(H,19,22). The first-order valence-corrected chi connectivity index (χ1v) is 10.7. The maximum Gasteiger partial charge on any atom is 0.341 e. The van der Waals surface area contributed by atoms with E-state index in [2.05, 4.69) is 15.5 Å². The number of hydrogen-bond acceptors (Lipinski definition) is 8. The Balaban J connectivity index is 1.58. The molecule has 3 rings (SSSR count). The van der Waals surface area contributed by atoms with Gasteiger partial charge in [0.2, 0.25) is 11.8 Å². The van der Waals surface area contributed by atoms with Crippen LogP contribution < -0.4 is 5.32 Å². The van der Waals surface area contributed by atoms with E-state index in [0.29, 0.717) is 27.6 Å². The molecule has 0 bridgehead atoms. The Bertz CT molecular complexity index is 825. The maximum absolute atomic E-state index is 12.3. The van der Waals surface area contributed by atoms with Gasteiger partial charge in [-0.3, -0.25) is 4.79 Å². The molecule has 1 aliphatic rings. The fourth-order valence-electron chi connectivity index (χ4n) is 3.15. The Hall–Kier alpha value is -1.87. The maximum atomic E-state index is 12.3. The number of carbonyl (C=O) groups excluding carboxylic acids is 2. The van der Waals surface area contributed by atoms with E-state index >= 15 is 0 Å². The van der Waals surface area contributed by atoms with Crippen LogP contribution in [0.15, 0.2) is 9.64 Å². The van der Waals surface area contributed by atoms with E-state index in [0.717, 1.165) is 23.3 Å². The molecule has 1 fully saturated rings. The molecular formula is C18H23N3O4S2. The van der Waals surface area contributed by atoms with Crippen molar-refractivity contribution in [2.45, 2.75) is 57.1 Å². The van der Waals surface area contributed by atoms with Gasteiger partial charge in [-0.1, -0.05) is 31.0 Å². The number of aryl methyl sites for hydroxylation is 1. The zero-order valence-electron chi connectivity index (χ0n) is 15.7. The van der Waals surface area contributed by atoms with Crippen LogP contribution in [0.2, 0.25) is 0 Å². The second-order valence-electron chi connectivity index (χ2n) is 6.56. The second-order valence-corrected chi connectivity index (χ2v) is 8.71. The number of nitrogens with one attached hydrogen (secondary N) is 1. The predicted molar refractivity (Wildman–Crippen MR) is 105 cm³/mol. The highest BCUT2D eigenvalue weighted by Gasteiger charge is 2.23. The van der Waals surface area contributed by atoms with Crippen LogP contribution in [0.5, 0.6) is 0 Å². The number of aromatic nitrogens is 2. The number of rotatable bonds is 6. The summed E-state index contributed by atoms with van der Waals surface area (Å²) in [6, 6.07) is 0. The highest BCUT2D eigenvalue weighted by atomic mass is 32.2. The van der Waals surface area contributed by atoms with Crippen LogP contribution in [0.1, 0.15) is 64.7 Å². The molecule has 146 valence electrons. The van der Waals surface area contributed by atoms with Crippen LogP contribution in [-0.4, -0.2) is 34.9 Å². The normalized spacial score (nSPS) is 14.9. The highest BCUT2D eigenvalue weighted by molar-refractivity contribution is 7.99. The van der Waals surface area contributed by atoms with Crippen molar-refractivity contribution in [3.8, 4) is 0 Å². The molecule has 7 nitrogen and oxygen atoms in total. The molecule has 1 amide bonds. The minimum Gasteiger partial charge on any atom is -0.465 e. The summed E-state index contributed by atoms with van der Waals surface area (Å²) in [7, 11) is 1.33. The predicted octanol–water partition coefficient (Wildman–Crippen LogP) is 4.31. The lowest BCUT2D eigenvalue weighted by atomic mass is 9.89. The monoisotopic (exact) mass is 409 g/mol. The first kappa shape index (κ1) is 19.9. The number of carbonyl (C=O) groups is 2. The number of amides is 1. The van der Waals surface area contributed by atoms with Crippen molar-refractivity contribution < 1.29 is 18.7 Å².